The summed E-state index contributed by atoms with van der Waals surface area (Å²) < 4.78 is 0. The van der Waals surface area contributed by atoms with Gasteiger partial charge in [0, 0.05) is 44.1 Å². The van der Waals surface area contributed by atoms with E-state index in [2.05, 4.69) is 23.8 Å². The van der Waals surface area contributed by atoms with Crippen molar-refractivity contribution in [3.8, 4) is 0 Å². The van der Waals surface area contributed by atoms with Crippen LogP contribution in [0.2, 0.25) is 0 Å². The first-order valence-corrected chi connectivity index (χ1v) is 4.73. The second-order valence-electron chi connectivity index (χ2n) is 2.85. The molecular weight excluding hydrogens is 249 g/mol. The predicted octanol–water partition coefficient (Wildman–Crippen LogP) is 2.18. The van der Waals surface area contributed by atoms with Gasteiger partial charge in [-0.05, 0) is 24.8 Å². The minimum Gasteiger partial charge on any atom is -0.346 e. The Labute approximate surface area is 112 Å². The molecular formula is C11H16N2Y-2. The van der Waals surface area contributed by atoms with Crippen molar-refractivity contribution >= 4 is 0 Å². The summed E-state index contributed by atoms with van der Waals surface area (Å²) in [4.78, 5) is 8.42. The maximum atomic E-state index is 4.23. The van der Waals surface area contributed by atoms with Crippen molar-refractivity contribution in [2.75, 3.05) is 0 Å². The standard InChI is InChI=1S/C9H11N2.C2H5.Y/c1-2-8-7-4-3-5-9(7)11-6-10-8;1-2;/h6H,1-5H2;1H2,2H3;/q2*-1;. The van der Waals surface area contributed by atoms with Gasteiger partial charge in [0.15, 0.2) is 0 Å². The summed E-state index contributed by atoms with van der Waals surface area (Å²) in [6.45, 7) is 8.84. The molecule has 0 amide bonds. The molecule has 2 nitrogen and oxygen atoms in total. The molecule has 0 fully saturated rings. The van der Waals surface area contributed by atoms with Gasteiger partial charge in [0.05, 0.1) is 0 Å². The first-order chi connectivity index (χ1) is 6.42. The SMILES string of the molecule is [CH2-]C.[CH2-]Cc1ncnc2c1CCC2.[Y]. The summed E-state index contributed by atoms with van der Waals surface area (Å²) in [6.07, 6.45) is 5.97. The molecule has 1 aromatic heterocycles. The van der Waals surface area contributed by atoms with E-state index >= 15 is 0 Å². The summed E-state index contributed by atoms with van der Waals surface area (Å²) >= 11 is 0. The molecule has 1 heterocycles. The number of fused-ring (bicyclic) bond motifs is 1. The Morgan fingerprint density at radius 1 is 1.29 bits per heavy atom. The molecule has 0 aromatic carbocycles. The van der Waals surface area contributed by atoms with Crippen LogP contribution in [0, 0.1) is 13.8 Å². The Kier molecular flexibility index (Phi) is 7.57. The van der Waals surface area contributed by atoms with Crippen LogP contribution in [0.15, 0.2) is 6.33 Å². The van der Waals surface area contributed by atoms with Gasteiger partial charge in [0.25, 0.3) is 0 Å². The van der Waals surface area contributed by atoms with Gasteiger partial charge in [-0.15, -0.1) is 6.42 Å². The molecule has 2 rings (SSSR count). The normalized spacial score (nSPS) is 12.2. The number of nitrogens with zero attached hydrogens (tertiary/aromatic N) is 2. The van der Waals surface area contributed by atoms with Crippen molar-refractivity contribution in [3.63, 3.8) is 0 Å². The van der Waals surface area contributed by atoms with Gasteiger partial charge < -0.3 is 13.8 Å². The van der Waals surface area contributed by atoms with Crippen LogP contribution in [-0.2, 0) is 52.0 Å². The molecule has 0 atom stereocenters. The summed E-state index contributed by atoms with van der Waals surface area (Å²) in [6, 6.07) is 0. The number of hydrogen-bond donors (Lipinski definition) is 0. The van der Waals surface area contributed by atoms with Crippen LogP contribution in [0.3, 0.4) is 0 Å². The number of aryl methyl sites for hydroxylation is 1. The van der Waals surface area contributed by atoms with E-state index in [0.29, 0.717) is 0 Å². The van der Waals surface area contributed by atoms with E-state index in [1.807, 2.05) is 0 Å². The van der Waals surface area contributed by atoms with Crippen LogP contribution in [0.1, 0.15) is 30.3 Å². The van der Waals surface area contributed by atoms with Gasteiger partial charge in [0.2, 0.25) is 0 Å². The summed E-state index contributed by atoms with van der Waals surface area (Å²) in [7, 11) is 0. The largest absolute Gasteiger partial charge is 0.346 e. The Balaban J connectivity index is 0.000000531. The molecule has 1 aliphatic carbocycles. The van der Waals surface area contributed by atoms with E-state index in [0.717, 1.165) is 25.0 Å². The molecule has 0 saturated heterocycles. The molecule has 0 aliphatic heterocycles. The number of rotatable bonds is 1. The van der Waals surface area contributed by atoms with Crippen LogP contribution in [0.5, 0.6) is 0 Å². The molecule has 1 radical (unpaired) electrons. The van der Waals surface area contributed by atoms with E-state index in [9.17, 15) is 0 Å². The summed E-state index contributed by atoms with van der Waals surface area (Å²) in [5.41, 5.74) is 3.76. The van der Waals surface area contributed by atoms with E-state index < -0.39 is 0 Å². The second-order valence-corrected chi connectivity index (χ2v) is 2.85. The Hall–Kier alpha value is 0.184. The molecule has 0 bridgehead atoms. The van der Waals surface area contributed by atoms with Crippen molar-refractivity contribution in [3.05, 3.63) is 37.1 Å². The zero-order valence-electron chi connectivity index (χ0n) is 8.79. The molecule has 0 saturated carbocycles. The number of hydrogen-bond acceptors (Lipinski definition) is 2. The fourth-order valence-electron chi connectivity index (χ4n) is 1.64. The minimum absolute atomic E-state index is 0. The maximum Gasteiger partial charge on any atom is 0.115 e. The van der Waals surface area contributed by atoms with Crippen molar-refractivity contribution in [2.45, 2.75) is 32.6 Å². The molecule has 0 spiro atoms. The number of aromatic nitrogens is 2. The fraction of sp³-hybridized carbons (Fsp3) is 0.455. The third kappa shape index (κ3) is 3.10. The van der Waals surface area contributed by atoms with Crippen molar-refractivity contribution < 1.29 is 32.7 Å². The second kappa shape index (κ2) is 7.47. The van der Waals surface area contributed by atoms with Crippen LogP contribution in [-0.4, -0.2) is 9.97 Å². The molecule has 0 N–H and O–H groups in total. The summed E-state index contributed by atoms with van der Waals surface area (Å²) in [5.74, 6) is 0. The van der Waals surface area contributed by atoms with Crippen LogP contribution in [0.25, 0.3) is 0 Å². The smallest absolute Gasteiger partial charge is 0.115 e. The van der Waals surface area contributed by atoms with Crippen molar-refractivity contribution in [1.82, 2.24) is 9.97 Å². The molecule has 75 valence electrons. The molecule has 1 aromatic rings. The quantitative estimate of drug-likeness (QED) is 0.727. The third-order valence-electron chi connectivity index (χ3n) is 2.20. The van der Waals surface area contributed by atoms with Crippen molar-refractivity contribution in [1.29, 1.82) is 0 Å². The molecule has 0 unspecified atom stereocenters. The first kappa shape index (κ1) is 14.2. The Bertz CT molecular complexity index is 274. The topological polar surface area (TPSA) is 25.8 Å². The van der Waals surface area contributed by atoms with Gasteiger partial charge >= 0.3 is 0 Å². The monoisotopic (exact) mass is 265 g/mol. The first-order valence-electron chi connectivity index (χ1n) is 4.73. The zero-order valence-corrected chi connectivity index (χ0v) is 11.6. The zero-order chi connectivity index (χ0) is 9.68. The van der Waals surface area contributed by atoms with E-state index in [1.54, 1.807) is 13.3 Å². The molecule has 3 heteroatoms. The average Bonchev–Trinajstić information content (AvgIpc) is 2.68. The predicted molar refractivity (Wildman–Crippen MR) is 54.1 cm³/mol. The van der Waals surface area contributed by atoms with Gasteiger partial charge in [-0.3, -0.25) is 0 Å². The van der Waals surface area contributed by atoms with E-state index in [4.69, 9.17) is 0 Å². The third-order valence-corrected chi connectivity index (χ3v) is 2.20. The summed E-state index contributed by atoms with van der Waals surface area (Å²) in [5, 5.41) is 0. The molecule has 14 heavy (non-hydrogen) atoms. The van der Waals surface area contributed by atoms with Crippen LogP contribution >= 0.6 is 0 Å². The van der Waals surface area contributed by atoms with E-state index in [1.165, 1.54) is 17.7 Å². The fourth-order valence-corrected chi connectivity index (χ4v) is 1.64. The van der Waals surface area contributed by atoms with Crippen LogP contribution in [0.4, 0.5) is 0 Å². The minimum atomic E-state index is 0. The van der Waals surface area contributed by atoms with Gasteiger partial charge in [0.1, 0.15) is 6.33 Å². The van der Waals surface area contributed by atoms with E-state index in [-0.39, 0.29) is 32.7 Å². The molecule has 1 aliphatic rings. The maximum absolute atomic E-state index is 4.23. The van der Waals surface area contributed by atoms with Gasteiger partial charge in [-0.1, -0.05) is 0 Å². The van der Waals surface area contributed by atoms with Crippen molar-refractivity contribution in [2.24, 2.45) is 0 Å². The Morgan fingerprint density at radius 3 is 2.64 bits per heavy atom. The average molecular weight is 265 g/mol. The van der Waals surface area contributed by atoms with Gasteiger partial charge in [-0.2, -0.15) is 6.92 Å². The van der Waals surface area contributed by atoms with Gasteiger partial charge in [-0.25, -0.2) is 9.97 Å². The Morgan fingerprint density at radius 2 is 2.00 bits per heavy atom. The van der Waals surface area contributed by atoms with Crippen LogP contribution < -0.4 is 0 Å².